The average molecular weight is 381 g/mol. The number of amides is 1. The largest absolute Gasteiger partial charge is 0.350 e. The minimum atomic E-state index is -0.134. The third-order valence-electron chi connectivity index (χ3n) is 4.29. The highest BCUT2D eigenvalue weighted by atomic mass is 16.1. The van der Waals surface area contributed by atoms with E-state index in [-0.39, 0.29) is 24.0 Å². The summed E-state index contributed by atoms with van der Waals surface area (Å²) in [6.45, 7) is 12.0. The molecule has 0 radical (unpaired) electrons. The quantitative estimate of drug-likeness (QED) is 0.706. The van der Waals surface area contributed by atoms with Gasteiger partial charge >= 0.3 is 0 Å². The zero-order valence-corrected chi connectivity index (χ0v) is 17.2. The average Bonchev–Trinajstić information content (AvgIpc) is 3.30. The molecule has 0 spiro atoms. The number of benzene rings is 1. The van der Waals surface area contributed by atoms with Gasteiger partial charge in [0.05, 0.1) is 12.4 Å². The summed E-state index contributed by atoms with van der Waals surface area (Å²) in [5.41, 5.74) is 3.62. The number of carbonyl (C=O) groups excluding carboxylic acids is 1. The highest BCUT2D eigenvalue weighted by Gasteiger charge is 2.16. The molecule has 1 aromatic carbocycles. The number of hydrogen-bond acceptors (Lipinski definition) is 5. The Balaban J connectivity index is 2.08. The summed E-state index contributed by atoms with van der Waals surface area (Å²) in [6.07, 6.45) is 3.78. The molecule has 148 valence electrons. The van der Waals surface area contributed by atoms with Crippen LogP contribution in [0.5, 0.6) is 0 Å². The lowest BCUT2D eigenvalue weighted by Gasteiger charge is -2.10. The number of rotatable bonds is 6. The lowest BCUT2D eigenvalue weighted by atomic mass is 10.0. The molecule has 0 atom stereocenters. The van der Waals surface area contributed by atoms with E-state index in [1.165, 1.54) is 0 Å². The molecular formula is C20H27N7O. The first-order valence-electron chi connectivity index (χ1n) is 9.55. The van der Waals surface area contributed by atoms with Crippen LogP contribution < -0.4 is 5.32 Å². The van der Waals surface area contributed by atoms with E-state index in [0.717, 1.165) is 11.1 Å². The molecule has 0 saturated carbocycles. The van der Waals surface area contributed by atoms with Crippen LogP contribution in [0, 0.1) is 0 Å². The van der Waals surface area contributed by atoms with E-state index in [0.29, 0.717) is 17.0 Å². The van der Waals surface area contributed by atoms with Gasteiger partial charge in [-0.2, -0.15) is 0 Å². The van der Waals surface area contributed by atoms with Gasteiger partial charge in [-0.05, 0) is 59.7 Å². The SMILES string of the molecule is CC(C)NC(=O)c1cc(-c2cn(C(C)C)nn2)cc(-c2cn(C(C)C)nn2)c1. The van der Waals surface area contributed by atoms with E-state index in [4.69, 9.17) is 0 Å². The Kier molecular flexibility index (Phi) is 5.58. The maximum Gasteiger partial charge on any atom is 0.251 e. The van der Waals surface area contributed by atoms with Gasteiger partial charge in [0.2, 0.25) is 0 Å². The summed E-state index contributed by atoms with van der Waals surface area (Å²) in [4.78, 5) is 12.7. The highest BCUT2D eigenvalue weighted by Crippen LogP contribution is 2.27. The number of hydrogen-bond donors (Lipinski definition) is 1. The fourth-order valence-electron chi connectivity index (χ4n) is 2.72. The van der Waals surface area contributed by atoms with Crippen molar-refractivity contribution in [2.24, 2.45) is 0 Å². The molecule has 3 aromatic rings. The molecule has 0 aliphatic heterocycles. The van der Waals surface area contributed by atoms with E-state index in [1.807, 2.05) is 72.1 Å². The molecule has 0 aliphatic rings. The third-order valence-corrected chi connectivity index (χ3v) is 4.29. The predicted octanol–water partition coefficient (Wildman–Crippen LogP) is 3.50. The van der Waals surface area contributed by atoms with Gasteiger partial charge in [-0.25, -0.2) is 9.36 Å². The number of nitrogens with one attached hydrogen (secondary N) is 1. The summed E-state index contributed by atoms with van der Waals surface area (Å²) in [7, 11) is 0. The molecule has 0 aliphatic carbocycles. The molecular weight excluding hydrogens is 354 g/mol. The maximum absolute atomic E-state index is 12.7. The fourth-order valence-corrected chi connectivity index (χ4v) is 2.72. The Bertz CT molecular complexity index is 904. The molecule has 8 heteroatoms. The second-order valence-electron chi connectivity index (χ2n) is 7.78. The fraction of sp³-hybridized carbons (Fsp3) is 0.450. The monoisotopic (exact) mass is 381 g/mol. The van der Waals surface area contributed by atoms with Gasteiger partial charge in [-0.3, -0.25) is 4.79 Å². The molecule has 1 N–H and O–H groups in total. The van der Waals surface area contributed by atoms with Gasteiger partial charge in [0.25, 0.3) is 5.91 Å². The lowest BCUT2D eigenvalue weighted by molar-refractivity contribution is 0.0943. The first-order valence-corrected chi connectivity index (χ1v) is 9.55. The van der Waals surface area contributed by atoms with Crippen molar-refractivity contribution in [3.63, 3.8) is 0 Å². The molecule has 0 bridgehead atoms. The predicted molar refractivity (Wildman–Crippen MR) is 108 cm³/mol. The Hall–Kier alpha value is -3.03. The van der Waals surface area contributed by atoms with Crippen LogP contribution in [0.2, 0.25) is 0 Å². The van der Waals surface area contributed by atoms with Crippen molar-refractivity contribution in [1.82, 2.24) is 35.3 Å². The van der Waals surface area contributed by atoms with Gasteiger partial charge < -0.3 is 5.32 Å². The maximum atomic E-state index is 12.7. The van der Waals surface area contributed by atoms with Gasteiger partial charge in [-0.15, -0.1) is 10.2 Å². The Morgan fingerprint density at radius 1 is 0.821 bits per heavy atom. The summed E-state index contributed by atoms with van der Waals surface area (Å²) in [5.74, 6) is -0.134. The van der Waals surface area contributed by atoms with Crippen LogP contribution >= 0.6 is 0 Å². The Morgan fingerprint density at radius 2 is 1.29 bits per heavy atom. The molecule has 2 aromatic heterocycles. The van der Waals surface area contributed by atoms with E-state index < -0.39 is 0 Å². The standard InChI is InChI=1S/C20H27N7O/c1-12(2)21-20(28)17-8-15(18-10-26(13(3)4)24-22-18)7-16(9-17)19-11-27(14(5)6)25-23-19/h7-14H,1-6H3,(H,21,28). The van der Waals surface area contributed by atoms with Crippen molar-refractivity contribution >= 4 is 5.91 Å². The van der Waals surface area contributed by atoms with Crippen LogP contribution in [0.1, 0.15) is 64.0 Å². The molecule has 8 nitrogen and oxygen atoms in total. The van der Waals surface area contributed by atoms with Crippen molar-refractivity contribution in [3.05, 3.63) is 36.2 Å². The van der Waals surface area contributed by atoms with E-state index >= 15 is 0 Å². The zero-order valence-electron chi connectivity index (χ0n) is 17.2. The minimum absolute atomic E-state index is 0.0447. The summed E-state index contributed by atoms with van der Waals surface area (Å²) in [5, 5.41) is 19.9. The molecule has 0 fully saturated rings. The van der Waals surface area contributed by atoms with Gasteiger partial charge in [0.1, 0.15) is 11.4 Å². The molecule has 1 amide bonds. The van der Waals surface area contributed by atoms with Crippen LogP contribution in [-0.2, 0) is 0 Å². The third kappa shape index (κ3) is 4.27. The van der Waals surface area contributed by atoms with Crippen LogP contribution in [0.4, 0.5) is 0 Å². The lowest BCUT2D eigenvalue weighted by Crippen LogP contribution is -2.30. The Morgan fingerprint density at radius 3 is 1.64 bits per heavy atom. The van der Waals surface area contributed by atoms with E-state index in [9.17, 15) is 4.79 Å². The first-order chi connectivity index (χ1) is 13.2. The van der Waals surface area contributed by atoms with Crippen LogP contribution in [0.3, 0.4) is 0 Å². The normalized spacial score (nSPS) is 11.6. The Labute approximate surface area is 164 Å². The molecule has 3 rings (SSSR count). The van der Waals surface area contributed by atoms with Crippen molar-refractivity contribution in [1.29, 1.82) is 0 Å². The van der Waals surface area contributed by atoms with E-state index in [1.54, 1.807) is 9.36 Å². The van der Waals surface area contributed by atoms with Crippen molar-refractivity contribution in [3.8, 4) is 22.5 Å². The van der Waals surface area contributed by atoms with Gasteiger partial charge in [0.15, 0.2) is 0 Å². The number of aromatic nitrogens is 6. The summed E-state index contributed by atoms with van der Waals surface area (Å²) in [6, 6.07) is 6.10. The first kappa shape index (κ1) is 19.7. The minimum Gasteiger partial charge on any atom is -0.350 e. The number of nitrogens with zero attached hydrogens (tertiary/aromatic N) is 6. The summed E-state index contributed by atoms with van der Waals surface area (Å²) >= 11 is 0. The van der Waals surface area contributed by atoms with E-state index in [2.05, 4.69) is 25.9 Å². The second kappa shape index (κ2) is 7.92. The van der Waals surface area contributed by atoms with Gasteiger partial charge in [0, 0.05) is 34.8 Å². The van der Waals surface area contributed by atoms with Crippen molar-refractivity contribution in [2.75, 3.05) is 0 Å². The smallest absolute Gasteiger partial charge is 0.251 e. The van der Waals surface area contributed by atoms with Crippen LogP contribution in [0.25, 0.3) is 22.5 Å². The van der Waals surface area contributed by atoms with Crippen LogP contribution in [0.15, 0.2) is 30.6 Å². The van der Waals surface area contributed by atoms with Crippen LogP contribution in [-0.4, -0.2) is 41.9 Å². The topological polar surface area (TPSA) is 90.5 Å². The molecule has 2 heterocycles. The van der Waals surface area contributed by atoms with Crippen molar-refractivity contribution < 1.29 is 4.79 Å². The highest BCUT2D eigenvalue weighted by molar-refractivity contribution is 5.97. The molecule has 0 saturated heterocycles. The van der Waals surface area contributed by atoms with Gasteiger partial charge in [-0.1, -0.05) is 10.4 Å². The summed E-state index contributed by atoms with van der Waals surface area (Å²) < 4.78 is 3.59. The van der Waals surface area contributed by atoms with Crippen molar-refractivity contribution in [2.45, 2.75) is 59.7 Å². The number of carbonyl (C=O) groups is 1. The second-order valence-corrected chi connectivity index (χ2v) is 7.78. The zero-order chi connectivity index (χ0) is 20.4. The molecule has 28 heavy (non-hydrogen) atoms. The molecule has 0 unspecified atom stereocenters.